The molecule has 26 heavy (non-hydrogen) atoms. The van der Waals surface area contributed by atoms with Gasteiger partial charge in [0.2, 0.25) is 5.91 Å². The van der Waals surface area contributed by atoms with Crippen LogP contribution in [0, 0.1) is 10.1 Å². The molecule has 0 aliphatic carbocycles. The zero-order chi connectivity index (χ0) is 18.3. The number of nitrogens with zero attached hydrogens (tertiary/aromatic N) is 6. The molecular formula is C17H16N6O3. The van der Waals surface area contributed by atoms with Gasteiger partial charge in [-0.1, -0.05) is 0 Å². The van der Waals surface area contributed by atoms with Gasteiger partial charge >= 0.3 is 0 Å². The van der Waals surface area contributed by atoms with Crippen molar-refractivity contribution in [2.75, 3.05) is 29.4 Å². The fourth-order valence-corrected chi connectivity index (χ4v) is 3.08. The van der Waals surface area contributed by atoms with Crippen molar-refractivity contribution >= 4 is 34.0 Å². The highest BCUT2D eigenvalue weighted by atomic mass is 16.6. The lowest BCUT2D eigenvalue weighted by Crippen LogP contribution is -2.50. The van der Waals surface area contributed by atoms with Gasteiger partial charge in [-0.25, -0.2) is 4.98 Å². The predicted octanol–water partition coefficient (Wildman–Crippen LogP) is 1.73. The molecule has 9 heteroatoms. The summed E-state index contributed by atoms with van der Waals surface area (Å²) in [7, 11) is 1.81. The van der Waals surface area contributed by atoms with E-state index in [1.165, 1.54) is 12.1 Å². The largest absolute Gasteiger partial charge is 0.345 e. The molecule has 1 aliphatic rings. The number of piperazine rings is 1. The molecule has 0 saturated carbocycles. The summed E-state index contributed by atoms with van der Waals surface area (Å²) in [5.41, 5.74) is 1.48. The Labute approximate surface area is 148 Å². The highest BCUT2D eigenvalue weighted by Crippen LogP contribution is 2.24. The molecule has 1 saturated heterocycles. The molecule has 132 valence electrons. The van der Waals surface area contributed by atoms with Crippen LogP contribution in [0.1, 0.15) is 0 Å². The van der Waals surface area contributed by atoms with E-state index in [1.54, 1.807) is 34.0 Å². The Kier molecular flexibility index (Phi) is 3.76. The van der Waals surface area contributed by atoms with E-state index in [0.29, 0.717) is 29.8 Å². The molecule has 0 spiro atoms. The zero-order valence-electron chi connectivity index (χ0n) is 14.1. The van der Waals surface area contributed by atoms with Gasteiger partial charge in [0.15, 0.2) is 0 Å². The molecule has 3 heterocycles. The first-order valence-electron chi connectivity index (χ1n) is 8.10. The van der Waals surface area contributed by atoms with Crippen molar-refractivity contribution in [2.24, 2.45) is 7.05 Å². The van der Waals surface area contributed by atoms with Gasteiger partial charge in [-0.15, -0.1) is 0 Å². The smallest absolute Gasteiger partial charge is 0.270 e. The molecule has 1 aromatic carbocycles. The molecule has 3 aromatic rings. The molecule has 1 aliphatic heterocycles. The number of nitro groups is 1. The number of non-ortho nitro benzene ring substituents is 1. The van der Waals surface area contributed by atoms with Crippen LogP contribution in [-0.2, 0) is 11.8 Å². The highest BCUT2D eigenvalue weighted by Gasteiger charge is 2.26. The van der Waals surface area contributed by atoms with E-state index >= 15 is 0 Å². The number of carbonyl (C=O) groups is 1. The lowest BCUT2D eigenvalue weighted by molar-refractivity contribution is -0.384. The standard InChI is InChI=1S/C17H16N6O3/c1-20-10-14(9-18-20)22-7-6-21(11-17(22)24)16-5-2-12-8-13(23(25)26)3-4-15(12)19-16/h2-5,8-10H,6-7,11H2,1H3. The molecular weight excluding hydrogens is 336 g/mol. The summed E-state index contributed by atoms with van der Waals surface area (Å²) in [5.74, 6) is 0.667. The Hall–Kier alpha value is -3.49. The fraction of sp³-hybridized carbons (Fsp3) is 0.235. The van der Waals surface area contributed by atoms with Crippen LogP contribution in [0.3, 0.4) is 0 Å². The van der Waals surface area contributed by atoms with Crippen LogP contribution in [0.5, 0.6) is 0 Å². The van der Waals surface area contributed by atoms with E-state index in [4.69, 9.17) is 0 Å². The number of rotatable bonds is 3. The van der Waals surface area contributed by atoms with Gasteiger partial charge < -0.3 is 9.80 Å². The molecule has 0 bridgehead atoms. The fourth-order valence-electron chi connectivity index (χ4n) is 3.08. The number of fused-ring (bicyclic) bond motifs is 1. The van der Waals surface area contributed by atoms with E-state index in [-0.39, 0.29) is 18.1 Å². The van der Waals surface area contributed by atoms with Crippen LogP contribution < -0.4 is 9.80 Å². The van der Waals surface area contributed by atoms with E-state index in [0.717, 1.165) is 5.69 Å². The van der Waals surface area contributed by atoms with Crippen molar-refractivity contribution in [3.63, 3.8) is 0 Å². The van der Waals surface area contributed by atoms with Crippen molar-refractivity contribution in [1.82, 2.24) is 14.8 Å². The predicted molar refractivity (Wildman–Crippen MR) is 96.2 cm³/mol. The van der Waals surface area contributed by atoms with E-state index < -0.39 is 4.92 Å². The van der Waals surface area contributed by atoms with Crippen molar-refractivity contribution in [3.8, 4) is 0 Å². The summed E-state index contributed by atoms with van der Waals surface area (Å²) in [4.78, 5) is 31.1. The minimum absolute atomic E-state index is 0.0187. The number of hydrogen-bond donors (Lipinski definition) is 0. The number of aromatic nitrogens is 3. The average molecular weight is 352 g/mol. The number of nitro benzene ring substituents is 1. The number of aryl methyl sites for hydroxylation is 1. The van der Waals surface area contributed by atoms with Crippen LogP contribution in [0.4, 0.5) is 17.2 Å². The lowest BCUT2D eigenvalue weighted by Gasteiger charge is -2.34. The minimum Gasteiger partial charge on any atom is -0.345 e. The quantitative estimate of drug-likeness (QED) is 0.526. The van der Waals surface area contributed by atoms with Gasteiger partial charge in [-0.05, 0) is 18.2 Å². The number of amides is 1. The number of hydrogen-bond acceptors (Lipinski definition) is 6. The van der Waals surface area contributed by atoms with Crippen LogP contribution in [0.2, 0.25) is 0 Å². The summed E-state index contributed by atoms with van der Waals surface area (Å²) < 4.78 is 1.67. The lowest BCUT2D eigenvalue weighted by atomic mass is 10.2. The number of anilines is 2. The Morgan fingerprint density at radius 3 is 2.73 bits per heavy atom. The second kappa shape index (κ2) is 6.10. The molecule has 0 radical (unpaired) electrons. The van der Waals surface area contributed by atoms with Crippen LogP contribution >= 0.6 is 0 Å². The molecule has 0 unspecified atom stereocenters. The maximum atomic E-state index is 12.5. The third-order valence-corrected chi connectivity index (χ3v) is 4.42. The van der Waals surface area contributed by atoms with Crippen LogP contribution in [0.15, 0.2) is 42.7 Å². The maximum absolute atomic E-state index is 12.5. The molecule has 9 nitrogen and oxygen atoms in total. The first-order valence-corrected chi connectivity index (χ1v) is 8.10. The second-order valence-corrected chi connectivity index (χ2v) is 6.14. The Morgan fingerprint density at radius 2 is 2.04 bits per heavy atom. The van der Waals surface area contributed by atoms with Gasteiger partial charge in [0.05, 0.1) is 28.9 Å². The van der Waals surface area contributed by atoms with Crippen molar-refractivity contribution < 1.29 is 9.72 Å². The van der Waals surface area contributed by atoms with Gasteiger partial charge in [-0.2, -0.15) is 5.10 Å². The summed E-state index contributed by atoms with van der Waals surface area (Å²) in [6.45, 7) is 1.41. The monoisotopic (exact) mass is 352 g/mol. The highest BCUT2D eigenvalue weighted by molar-refractivity contribution is 5.97. The second-order valence-electron chi connectivity index (χ2n) is 6.14. The Balaban J connectivity index is 1.56. The van der Waals surface area contributed by atoms with Gasteiger partial charge in [0, 0.05) is 43.9 Å². The SMILES string of the molecule is Cn1cc(N2CCN(c3ccc4cc([N+](=O)[O-])ccc4n3)CC2=O)cn1. The van der Waals surface area contributed by atoms with Crippen molar-refractivity contribution in [1.29, 1.82) is 0 Å². The third-order valence-electron chi connectivity index (χ3n) is 4.42. The summed E-state index contributed by atoms with van der Waals surface area (Å²) in [6, 6.07) is 8.15. The average Bonchev–Trinajstić information content (AvgIpc) is 3.06. The van der Waals surface area contributed by atoms with Gasteiger partial charge in [0.25, 0.3) is 5.69 Å². The van der Waals surface area contributed by atoms with E-state index in [1.807, 2.05) is 18.1 Å². The zero-order valence-corrected chi connectivity index (χ0v) is 14.1. The first kappa shape index (κ1) is 16.0. The molecule has 0 N–H and O–H groups in total. The Morgan fingerprint density at radius 1 is 1.19 bits per heavy atom. The topological polar surface area (TPSA) is 97.4 Å². The van der Waals surface area contributed by atoms with E-state index in [9.17, 15) is 14.9 Å². The molecule has 1 fully saturated rings. The minimum atomic E-state index is -0.427. The number of benzene rings is 1. The summed E-state index contributed by atoms with van der Waals surface area (Å²) in [6.07, 6.45) is 3.49. The van der Waals surface area contributed by atoms with Crippen molar-refractivity contribution in [3.05, 3.63) is 52.8 Å². The maximum Gasteiger partial charge on any atom is 0.270 e. The van der Waals surface area contributed by atoms with Crippen LogP contribution in [0.25, 0.3) is 10.9 Å². The molecule has 0 atom stereocenters. The van der Waals surface area contributed by atoms with E-state index in [2.05, 4.69) is 10.1 Å². The van der Waals surface area contributed by atoms with Gasteiger partial charge in [-0.3, -0.25) is 19.6 Å². The first-order chi connectivity index (χ1) is 12.5. The molecule has 1 amide bonds. The van der Waals surface area contributed by atoms with Gasteiger partial charge in [0.1, 0.15) is 5.82 Å². The molecule has 2 aromatic heterocycles. The Bertz CT molecular complexity index is 1010. The number of pyridine rings is 1. The van der Waals surface area contributed by atoms with Crippen LogP contribution in [-0.4, -0.2) is 45.2 Å². The summed E-state index contributed by atoms with van der Waals surface area (Å²) >= 11 is 0. The normalized spacial score (nSPS) is 14.9. The summed E-state index contributed by atoms with van der Waals surface area (Å²) in [5, 5.41) is 15.7. The van der Waals surface area contributed by atoms with Crippen molar-refractivity contribution in [2.45, 2.75) is 0 Å². The number of carbonyl (C=O) groups excluding carboxylic acids is 1. The molecule has 4 rings (SSSR count). The third kappa shape index (κ3) is 2.83.